The van der Waals surface area contributed by atoms with Crippen LogP contribution >= 0.6 is 11.6 Å². The molecule has 178 valence electrons. The Bertz CT molecular complexity index is 1280. The molecule has 1 unspecified atom stereocenters. The molecule has 4 nitrogen and oxygen atoms in total. The van der Waals surface area contributed by atoms with E-state index in [1.54, 1.807) is 0 Å². The van der Waals surface area contributed by atoms with Crippen LogP contribution in [0.4, 0.5) is 0 Å². The Kier molecular flexibility index (Phi) is 7.84. The SMILES string of the molecule is Cc1cc(Cl)ccc1C(NC(=O)Cc1ccc(OCc2c(C)ccnc2C)cc1)c1ccccc1. The van der Waals surface area contributed by atoms with Gasteiger partial charge in [-0.15, -0.1) is 0 Å². The second-order valence-electron chi connectivity index (χ2n) is 8.71. The molecule has 1 atom stereocenters. The Morgan fingerprint density at radius 1 is 0.943 bits per heavy atom. The molecule has 1 heterocycles. The van der Waals surface area contributed by atoms with Gasteiger partial charge in [-0.2, -0.15) is 0 Å². The minimum absolute atomic E-state index is 0.0523. The highest BCUT2D eigenvalue weighted by Crippen LogP contribution is 2.27. The number of carbonyl (C=O) groups is 1. The Labute approximate surface area is 212 Å². The lowest BCUT2D eigenvalue weighted by Crippen LogP contribution is -2.31. The lowest BCUT2D eigenvalue weighted by Gasteiger charge is -2.22. The fourth-order valence-corrected chi connectivity index (χ4v) is 4.38. The van der Waals surface area contributed by atoms with E-state index in [2.05, 4.69) is 17.2 Å². The molecule has 0 saturated heterocycles. The van der Waals surface area contributed by atoms with Crippen molar-refractivity contribution >= 4 is 17.5 Å². The molecule has 3 aromatic carbocycles. The average Bonchev–Trinajstić information content (AvgIpc) is 2.84. The maximum absolute atomic E-state index is 13.0. The normalized spacial score (nSPS) is 11.7. The highest BCUT2D eigenvalue weighted by atomic mass is 35.5. The standard InChI is InChI=1S/C30H29ClN2O2/c1-20-15-16-32-22(3)28(20)19-35-26-12-9-23(10-13-26)18-29(34)33-30(24-7-5-4-6-8-24)27-14-11-25(31)17-21(27)2/h4-17,30H,18-19H2,1-3H3,(H,33,34). The number of rotatable bonds is 8. The number of ether oxygens (including phenoxy) is 1. The highest BCUT2D eigenvalue weighted by Gasteiger charge is 2.19. The number of nitrogens with one attached hydrogen (secondary N) is 1. The molecular weight excluding hydrogens is 456 g/mol. The lowest BCUT2D eigenvalue weighted by molar-refractivity contribution is -0.120. The van der Waals surface area contributed by atoms with Gasteiger partial charge in [0.1, 0.15) is 12.4 Å². The Balaban J connectivity index is 1.43. The number of nitrogens with zero attached hydrogens (tertiary/aromatic N) is 1. The minimum atomic E-state index is -0.255. The molecule has 0 aliphatic carbocycles. The Morgan fingerprint density at radius 2 is 1.69 bits per heavy atom. The van der Waals surface area contributed by atoms with Crippen molar-refractivity contribution in [2.45, 2.75) is 39.8 Å². The zero-order chi connectivity index (χ0) is 24.8. The molecule has 0 spiro atoms. The van der Waals surface area contributed by atoms with Gasteiger partial charge in [0, 0.05) is 22.5 Å². The number of halogens is 1. The first kappa shape index (κ1) is 24.5. The summed E-state index contributed by atoms with van der Waals surface area (Å²) in [5.41, 5.74) is 7.24. The fraction of sp³-hybridized carbons (Fsp3) is 0.200. The van der Waals surface area contributed by atoms with Gasteiger partial charge in [-0.25, -0.2) is 0 Å². The summed E-state index contributed by atoms with van der Waals surface area (Å²) in [7, 11) is 0. The van der Waals surface area contributed by atoms with Crippen LogP contribution < -0.4 is 10.1 Å². The minimum Gasteiger partial charge on any atom is -0.489 e. The van der Waals surface area contributed by atoms with Gasteiger partial charge in [0.05, 0.1) is 12.5 Å². The van der Waals surface area contributed by atoms with Gasteiger partial charge in [-0.3, -0.25) is 9.78 Å². The van der Waals surface area contributed by atoms with E-state index < -0.39 is 0 Å². The summed E-state index contributed by atoms with van der Waals surface area (Å²) in [6, 6.07) is 25.1. The molecule has 0 radical (unpaired) electrons. The maximum Gasteiger partial charge on any atom is 0.225 e. The summed E-state index contributed by atoms with van der Waals surface area (Å²) in [5.74, 6) is 0.708. The second kappa shape index (κ2) is 11.2. The van der Waals surface area contributed by atoms with Gasteiger partial charge in [0.15, 0.2) is 0 Å². The van der Waals surface area contributed by atoms with Crippen LogP contribution in [0.15, 0.2) is 85.1 Å². The summed E-state index contributed by atoms with van der Waals surface area (Å²) in [4.78, 5) is 17.4. The second-order valence-corrected chi connectivity index (χ2v) is 9.15. The number of aromatic nitrogens is 1. The van der Waals surface area contributed by atoms with Crippen LogP contribution in [0.5, 0.6) is 5.75 Å². The number of amides is 1. The molecule has 0 bridgehead atoms. The summed E-state index contributed by atoms with van der Waals surface area (Å²) in [5, 5.41) is 3.89. The molecular formula is C30H29ClN2O2. The number of pyridine rings is 1. The van der Waals surface area contributed by atoms with Gasteiger partial charge in [0.25, 0.3) is 0 Å². The number of carbonyl (C=O) groups excluding carboxylic acids is 1. The molecule has 4 aromatic rings. The zero-order valence-electron chi connectivity index (χ0n) is 20.2. The Hall–Kier alpha value is -3.63. The predicted molar refractivity (Wildman–Crippen MR) is 141 cm³/mol. The van der Waals surface area contributed by atoms with Crippen molar-refractivity contribution in [1.29, 1.82) is 0 Å². The maximum atomic E-state index is 13.0. The van der Waals surface area contributed by atoms with Crippen LogP contribution in [0.3, 0.4) is 0 Å². The van der Waals surface area contributed by atoms with Gasteiger partial charge >= 0.3 is 0 Å². The van der Waals surface area contributed by atoms with Gasteiger partial charge < -0.3 is 10.1 Å². The molecule has 35 heavy (non-hydrogen) atoms. The third-order valence-corrected chi connectivity index (χ3v) is 6.39. The molecule has 5 heteroatoms. The monoisotopic (exact) mass is 484 g/mol. The van der Waals surface area contributed by atoms with Crippen LogP contribution in [0.1, 0.15) is 45.1 Å². The van der Waals surface area contributed by atoms with Gasteiger partial charge in [0.2, 0.25) is 5.91 Å². The summed E-state index contributed by atoms with van der Waals surface area (Å²) in [6.07, 6.45) is 2.09. The van der Waals surface area contributed by atoms with Gasteiger partial charge in [-0.05, 0) is 78.9 Å². The first-order valence-electron chi connectivity index (χ1n) is 11.6. The molecule has 0 aliphatic heterocycles. The van der Waals surface area contributed by atoms with E-state index in [9.17, 15) is 4.79 Å². The van der Waals surface area contributed by atoms with Crippen LogP contribution in [-0.2, 0) is 17.8 Å². The van der Waals surface area contributed by atoms with E-state index in [4.69, 9.17) is 16.3 Å². The third-order valence-electron chi connectivity index (χ3n) is 6.16. The molecule has 1 aromatic heterocycles. The fourth-order valence-electron chi connectivity index (χ4n) is 4.15. The van der Waals surface area contributed by atoms with Crippen molar-refractivity contribution in [2.75, 3.05) is 0 Å². The van der Waals surface area contributed by atoms with E-state index in [0.29, 0.717) is 11.6 Å². The molecule has 1 N–H and O–H groups in total. The number of hydrogen-bond donors (Lipinski definition) is 1. The molecule has 1 amide bonds. The van der Waals surface area contributed by atoms with E-state index in [0.717, 1.165) is 44.8 Å². The van der Waals surface area contributed by atoms with Crippen molar-refractivity contribution in [2.24, 2.45) is 0 Å². The van der Waals surface area contributed by atoms with E-state index in [-0.39, 0.29) is 18.4 Å². The molecule has 0 fully saturated rings. The van der Waals surface area contributed by atoms with Crippen LogP contribution in [0.25, 0.3) is 0 Å². The average molecular weight is 485 g/mol. The summed E-state index contributed by atoms with van der Waals surface area (Å²) >= 11 is 6.17. The smallest absolute Gasteiger partial charge is 0.225 e. The highest BCUT2D eigenvalue weighted by molar-refractivity contribution is 6.30. The van der Waals surface area contributed by atoms with Gasteiger partial charge in [-0.1, -0.05) is 60.1 Å². The first-order valence-corrected chi connectivity index (χ1v) is 12.0. The molecule has 0 aliphatic rings. The number of benzene rings is 3. The first-order chi connectivity index (χ1) is 16.9. The molecule has 0 saturated carbocycles. The Morgan fingerprint density at radius 3 is 2.37 bits per heavy atom. The number of hydrogen-bond acceptors (Lipinski definition) is 3. The van der Waals surface area contributed by atoms with E-state index in [1.165, 1.54) is 0 Å². The summed E-state index contributed by atoms with van der Waals surface area (Å²) < 4.78 is 5.97. The summed E-state index contributed by atoms with van der Waals surface area (Å²) in [6.45, 7) is 6.52. The molecule has 4 rings (SSSR count). The van der Waals surface area contributed by atoms with Crippen molar-refractivity contribution in [3.63, 3.8) is 0 Å². The van der Waals surface area contributed by atoms with Crippen molar-refractivity contribution in [1.82, 2.24) is 10.3 Å². The topological polar surface area (TPSA) is 51.2 Å². The van der Waals surface area contributed by atoms with Crippen LogP contribution in [-0.4, -0.2) is 10.9 Å². The largest absolute Gasteiger partial charge is 0.489 e. The lowest BCUT2D eigenvalue weighted by atomic mass is 9.94. The van der Waals surface area contributed by atoms with Crippen molar-refractivity contribution in [3.8, 4) is 5.75 Å². The predicted octanol–water partition coefficient (Wildman–Crippen LogP) is 6.69. The van der Waals surface area contributed by atoms with Crippen LogP contribution in [0, 0.1) is 20.8 Å². The van der Waals surface area contributed by atoms with Crippen molar-refractivity contribution < 1.29 is 9.53 Å². The number of aryl methyl sites for hydroxylation is 3. The van der Waals surface area contributed by atoms with E-state index in [1.807, 2.05) is 98.9 Å². The van der Waals surface area contributed by atoms with E-state index >= 15 is 0 Å². The van der Waals surface area contributed by atoms with Crippen molar-refractivity contribution in [3.05, 3.63) is 129 Å². The quantitative estimate of drug-likeness (QED) is 0.303. The zero-order valence-corrected chi connectivity index (χ0v) is 21.0. The van der Waals surface area contributed by atoms with Crippen LogP contribution in [0.2, 0.25) is 5.02 Å². The third kappa shape index (κ3) is 6.28.